The van der Waals surface area contributed by atoms with E-state index in [1.165, 1.54) is 25.7 Å². The van der Waals surface area contributed by atoms with E-state index in [0.717, 1.165) is 12.5 Å². The van der Waals surface area contributed by atoms with Crippen LogP contribution in [0.4, 0.5) is 0 Å². The zero-order chi connectivity index (χ0) is 11.1. The molecule has 1 rings (SSSR count). The van der Waals surface area contributed by atoms with Crippen molar-refractivity contribution < 1.29 is 9.47 Å². The van der Waals surface area contributed by atoms with Gasteiger partial charge in [-0.25, -0.2) is 0 Å². The van der Waals surface area contributed by atoms with Crippen LogP contribution in [0.5, 0.6) is 0 Å². The van der Waals surface area contributed by atoms with E-state index < -0.39 is 0 Å². The van der Waals surface area contributed by atoms with Gasteiger partial charge in [0.05, 0.1) is 12.7 Å². The summed E-state index contributed by atoms with van der Waals surface area (Å²) in [6.07, 6.45) is 5.53. The minimum atomic E-state index is 0.189. The molecule has 3 nitrogen and oxygen atoms in total. The summed E-state index contributed by atoms with van der Waals surface area (Å²) in [7, 11) is 3.46. The van der Waals surface area contributed by atoms with Gasteiger partial charge in [0.2, 0.25) is 0 Å². The second-order valence-corrected chi connectivity index (χ2v) is 4.68. The molecule has 0 heterocycles. The van der Waals surface area contributed by atoms with E-state index in [1.54, 1.807) is 14.2 Å². The first kappa shape index (κ1) is 12.9. The predicted octanol–water partition coefficient (Wildman–Crippen LogP) is 1.82. The molecule has 0 aromatic heterocycles. The van der Waals surface area contributed by atoms with Crippen LogP contribution >= 0.6 is 0 Å². The monoisotopic (exact) mass is 215 g/mol. The molecule has 1 aliphatic carbocycles. The van der Waals surface area contributed by atoms with E-state index in [1.807, 2.05) is 0 Å². The topological polar surface area (TPSA) is 30.5 Å². The molecule has 3 heteroatoms. The summed E-state index contributed by atoms with van der Waals surface area (Å²) < 4.78 is 10.4. The molecule has 1 aliphatic rings. The van der Waals surface area contributed by atoms with E-state index in [4.69, 9.17) is 9.47 Å². The third-order valence-electron chi connectivity index (χ3n) is 3.34. The van der Waals surface area contributed by atoms with E-state index in [9.17, 15) is 0 Å². The maximum atomic E-state index is 5.32. The van der Waals surface area contributed by atoms with Gasteiger partial charge in [-0.2, -0.15) is 0 Å². The molecular weight excluding hydrogens is 190 g/mol. The molecule has 1 unspecified atom stereocenters. The second-order valence-electron chi connectivity index (χ2n) is 4.68. The van der Waals surface area contributed by atoms with Gasteiger partial charge >= 0.3 is 0 Å². The number of nitrogens with one attached hydrogen (secondary N) is 1. The largest absolute Gasteiger partial charge is 0.382 e. The van der Waals surface area contributed by atoms with Crippen molar-refractivity contribution in [2.24, 2.45) is 5.92 Å². The molecule has 0 spiro atoms. The van der Waals surface area contributed by atoms with Crippen molar-refractivity contribution in [1.82, 2.24) is 5.32 Å². The van der Waals surface area contributed by atoms with Crippen molar-refractivity contribution in [1.29, 1.82) is 0 Å². The Bertz CT molecular complexity index is 156. The van der Waals surface area contributed by atoms with Crippen LogP contribution in [0, 0.1) is 5.92 Å². The predicted molar refractivity (Wildman–Crippen MR) is 62.1 cm³/mol. The van der Waals surface area contributed by atoms with Crippen molar-refractivity contribution in [2.45, 2.75) is 44.8 Å². The minimum Gasteiger partial charge on any atom is -0.382 e. The molecule has 1 saturated carbocycles. The van der Waals surface area contributed by atoms with Gasteiger partial charge in [-0.1, -0.05) is 6.92 Å². The zero-order valence-corrected chi connectivity index (χ0v) is 10.3. The molecule has 0 radical (unpaired) electrons. The molecule has 0 bridgehead atoms. The third-order valence-corrected chi connectivity index (χ3v) is 3.34. The smallest absolute Gasteiger partial charge is 0.0928 e. The maximum absolute atomic E-state index is 5.32. The highest BCUT2D eigenvalue weighted by Gasteiger charge is 2.18. The van der Waals surface area contributed by atoms with Crippen LogP contribution < -0.4 is 5.32 Å². The highest BCUT2D eigenvalue weighted by molar-refractivity contribution is 4.76. The number of hydrogen-bond donors (Lipinski definition) is 1. The lowest BCUT2D eigenvalue weighted by atomic mass is 9.87. The Balaban J connectivity index is 2.12. The Morgan fingerprint density at radius 2 is 1.87 bits per heavy atom. The van der Waals surface area contributed by atoms with E-state index in [0.29, 0.717) is 12.6 Å². The molecular formula is C12H25NO2. The van der Waals surface area contributed by atoms with E-state index >= 15 is 0 Å². The number of hydrogen-bond acceptors (Lipinski definition) is 3. The first-order valence-corrected chi connectivity index (χ1v) is 6.01. The lowest BCUT2D eigenvalue weighted by Crippen LogP contribution is -2.39. The van der Waals surface area contributed by atoms with Crippen LogP contribution in [0.15, 0.2) is 0 Å². The minimum absolute atomic E-state index is 0.189. The standard InChI is InChI=1S/C12H25NO2/c1-10-4-6-11(7-5-10)13-8-12(15-3)9-14-2/h10-13H,4-9H2,1-3H3. The Morgan fingerprint density at radius 1 is 1.20 bits per heavy atom. The lowest BCUT2D eigenvalue weighted by molar-refractivity contribution is 0.0263. The number of ether oxygens (including phenoxy) is 2. The molecule has 1 atom stereocenters. The zero-order valence-electron chi connectivity index (χ0n) is 10.3. The molecule has 0 aromatic carbocycles. The van der Waals surface area contributed by atoms with E-state index in [2.05, 4.69) is 12.2 Å². The molecule has 0 saturated heterocycles. The number of rotatable bonds is 6. The quantitative estimate of drug-likeness (QED) is 0.733. The Labute approximate surface area is 93.5 Å². The van der Waals surface area contributed by atoms with Gasteiger partial charge in [-0.05, 0) is 31.6 Å². The van der Waals surface area contributed by atoms with Gasteiger partial charge in [0.1, 0.15) is 0 Å². The van der Waals surface area contributed by atoms with Crippen molar-refractivity contribution in [2.75, 3.05) is 27.4 Å². The first-order chi connectivity index (χ1) is 7.26. The Hall–Kier alpha value is -0.120. The fourth-order valence-electron chi connectivity index (χ4n) is 2.16. The van der Waals surface area contributed by atoms with Crippen LogP contribution in [-0.4, -0.2) is 39.5 Å². The van der Waals surface area contributed by atoms with E-state index in [-0.39, 0.29) is 6.10 Å². The highest BCUT2D eigenvalue weighted by atomic mass is 16.5. The summed E-state index contributed by atoms with van der Waals surface area (Å²) in [5, 5.41) is 3.57. The van der Waals surface area contributed by atoms with Crippen molar-refractivity contribution in [3.8, 4) is 0 Å². The van der Waals surface area contributed by atoms with Gasteiger partial charge in [-0.3, -0.25) is 0 Å². The molecule has 90 valence electrons. The molecule has 0 aliphatic heterocycles. The van der Waals surface area contributed by atoms with Crippen LogP contribution in [0.25, 0.3) is 0 Å². The van der Waals surface area contributed by atoms with Crippen LogP contribution in [-0.2, 0) is 9.47 Å². The highest BCUT2D eigenvalue weighted by Crippen LogP contribution is 2.23. The average Bonchev–Trinajstić information content (AvgIpc) is 2.26. The fourth-order valence-corrected chi connectivity index (χ4v) is 2.16. The third kappa shape index (κ3) is 4.96. The Morgan fingerprint density at radius 3 is 2.40 bits per heavy atom. The summed E-state index contributed by atoms with van der Waals surface area (Å²) >= 11 is 0. The van der Waals surface area contributed by atoms with Crippen molar-refractivity contribution in [3.63, 3.8) is 0 Å². The van der Waals surface area contributed by atoms with Crippen molar-refractivity contribution >= 4 is 0 Å². The SMILES string of the molecule is COCC(CNC1CCC(C)CC1)OC. The number of methoxy groups -OCH3 is 2. The maximum Gasteiger partial charge on any atom is 0.0928 e. The fraction of sp³-hybridized carbons (Fsp3) is 1.00. The summed E-state index contributed by atoms with van der Waals surface area (Å²) in [4.78, 5) is 0. The molecule has 0 amide bonds. The van der Waals surface area contributed by atoms with Crippen LogP contribution in [0.2, 0.25) is 0 Å². The summed E-state index contributed by atoms with van der Waals surface area (Å²) in [6.45, 7) is 3.93. The molecule has 15 heavy (non-hydrogen) atoms. The lowest BCUT2D eigenvalue weighted by Gasteiger charge is -2.28. The molecule has 1 N–H and O–H groups in total. The van der Waals surface area contributed by atoms with Gasteiger partial charge < -0.3 is 14.8 Å². The first-order valence-electron chi connectivity index (χ1n) is 6.01. The molecule has 0 aromatic rings. The van der Waals surface area contributed by atoms with Gasteiger partial charge in [-0.15, -0.1) is 0 Å². The van der Waals surface area contributed by atoms with Crippen LogP contribution in [0.1, 0.15) is 32.6 Å². The Kier molecular flexibility index (Phi) is 6.22. The van der Waals surface area contributed by atoms with Crippen molar-refractivity contribution in [3.05, 3.63) is 0 Å². The van der Waals surface area contributed by atoms with Gasteiger partial charge in [0.25, 0.3) is 0 Å². The average molecular weight is 215 g/mol. The van der Waals surface area contributed by atoms with Crippen LogP contribution in [0.3, 0.4) is 0 Å². The normalized spacial score (nSPS) is 29.0. The van der Waals surface area contributed by atoms with Gasteiger partial charge in [0.15, 0.2) is 0 Å². The van der Waals surface area contributed by atoms with Gasteiger partial charge in [0, 0.05) is 26.8 Å². The summed E-state index contributed by atoms with van der Waals surface area (Å²) in [6, 6.07) is 0.690. The molecule has 1 fully saturated rings. The summed E-state index contributed by atoms with van der Waals surface area (Å²) in [5.74, 6) is 0.917. The second kappa shape index (κ2) is 7.20. The summed E-state index contributed by atoms with van der Waals surface area (Å²) in [5.41, 5.74) is 0.